The molecule has 0 aliphatic carbocycles. The van der Waals surface area contributed by atoms with Gasteiger partial charge in [-0.1, -0.05) is 17.7 Å². The Bertz CT molecular complexity index is 680. The monoisotopic (exact) mass is 306 g/mol. The van der Waals surface area contributed by atoms with Crippen LogP contribution in [-0.2, 0) is 22.3 Å². The lowest BCUT2D eigenvalue weighted by atomic mass is 10.3. The molecule has 7 heteroatoms. The highest BCUT2D eigenvalue weighted by atomic mass is 35.5. The van der Waals surface area contributed by atoms with Gasteiger partial charge in [-0.25, -0.2) is 13.4 Å². The van der Waals surface area contributed by atoms with Crippen molar-refractivity contribution in [1.29, 1.82) is 0 Å². The molecule has 1 aromatic heterocycles. The van der Waals surface area contributed by atoms with Crippen molar-refractivity contribution in [3.63, 3.8) is 0 Å². The first-order chi connectivity index (χ1) is 8.42. The maximum absolute atomic E-state index is 11.2. The van der Waals surface area contributed by atoms with Crippen LogP contribution in [0.5, 0.6) is 0 Å². The fraction of sp³-hybridized carbons (Fsp3) is 0.364. The van der Waals surface area contributed by atoms with Gasteiger partial charge in [0.05, 0.1) is 27.7 Å². The normalized spacial score (nSPS) is 12.2. The van der Waals surface area contributed by atoms with Gasteiger partial charge in [-0.2, -0.15) is 0 Å². The first kappa shape index (κ1) is 13.6. The van der Waals surface area contributed by atoms with Gasteiger partial charge in [-0.05, 0) is 12.1 Å². The molecule has 0 saturated carbocycles. The van der Waals surface area contributed by atoms with Gasteiger partial charge in [0.25, 0.3) is 0 Å². The predicted octanol–water partition coefficient (Wildman–Crippen LogP) is 2.47. The fourth-order valence-electron chi connectivity index (χ4n) is 1.79. The van der Waals surface area contributed by atoms with Gasteiger partial charge in [0.1, 0.15) is 15.7 Å². The lowest BCUT2D eigenvalue weighted by Crippen LogP contribution is -2.13. The van der Waals surface area contributed by atoms with Crippen molar-refractivity contribution in [2.45, 2.75) is 12.4 Å². The Morgan fingerprint density at radius 2 is 2.11 bits per heavy atom. The summed E-state index contributed by atoms with van der Waals surface area (Å²) in [6.07, 6.45) is 1.20. The number of hydrogen-bond acceptors (Lipinski definition) is 3. The summed E-state index contributed by atoms with van der Waals surface area (Å²) in [5, 5.41) is 0.546. The third kappa shape index (κ3) is 2.79. The Kier molecular flexibility index (Phi) is 3.84. The Hall–Kier alpha value is -0.780. The fourth-order valence-corrected chi connectivity index (χ4v) is 2.78. The van der Waals surface area contributed by atoms with E-state index >= 15 is 0 Å². The zero-order valence-electron chi connectivity index (χ0n) is 9.73. The average Bonchev–Trinajstić information content (AvgIpc) is 2.64. The molecule has 2 rings (SSSR count). The molecule has 0 fully saturated rings. The van der Waals surface area contributed by atoms with E-state index in [0.717, 1.165) is 11.0 Å². The number of para-hydroxylation sites is 1. The van der Waals surface area contributed by atoms with Crippen LogP contribution in [0.1, 0.15) is 5.82 Å². The smallest absolute Gasteiger partial charge is 0.149 e. The number of rotatable bonds is 4. The number of imidazole rings is 1. The molecule has 1 aromatic carbocycles. The van der Waals surface area contributed by atoms with Crippen molar-refractivity contribution < 1.29 is 8.42 Å². The molecule has 0 radical (unpaired) electrons. The van der Waals surface area contributed by atoms with E-state index < -0.39 is 9.84 Å². The van der Waals surface area contributed by atoms with E-state index in [0.29, 0.717) is 17.4 Å². The molecule has 0 amide bonds. The summed E-state index contributed by atoms with van der Waals surface area (Å²) >= 11 is 12.0. The summed E-state index contributed by atoms with van der Waals surface area (Å²) in [4.78, 5) is 4.34. The van der Waals surface area contributed by atoms with Crippen molar-refractivity contribution in [2.24, 2.45) is 0 Å². The summed E-state index contributed by atoms with van der Waals surface area (Å²) < 4.78 is 24.3. The lowest BCUT2D eigenvalue weighted by molar-refractivity contribution is 0.594. The van der Waals surface area contributed by atoms with Gasteiger partial charge in [-0.3, -0.25) is 0 Å². The highest BCUT2D eigenvalue weighted by molar-refractivity contribution is 7.90. The third-order valence-electron chi connectivity index (χ3n) is 2.60. The van der Waals surface area contributed by atoms with Gasteiger partial charge in [0.15, 0.2) is 0 Å². The van der Waals surface area contributed by atoms with Crippen LogP contribution in [0.4, 0.5) is 0 Å². The highest BCUT2D eigenvalue weighted by Crippen LogP contribution is 2.25. The highest BCUT2D eigenvalue weighted by Gasteiger charge is 2.14. The summed E-state index contributed by atoms with van der Waals surface area (Å²) in [5.74, 6) is 0.880. The molecular formula is C11H12Cl2N2O2S. The van der Waals surface area contributed by atoms with E-state index in [1.54, 1.807) is 16.7 Å². The minimum atomic E-state index is -3.04. The van der Waals surface area contributed by atoms with Crippen molar-refractivity contribution >= 4 is 44.1 Å². The lowest BCUT2D eigenvalue weighted by Gasteiger charge is -2.07. The molecule has 0 spiro atoms. The second kappa shape index (κ2) is 5.07. The van der Waals surface area contributed by atoms with E-state index in [4.69, 9.17) is 23.2 Å². The van der Waals surface area contributed by atoms with Crippen LogP contribution in [0.15, 0.2) is 18.2 Å². The maximum atomic E-state index is 11.2. The number of hydrogen-bond donors (Lipinski definition) is 0. The average molecular weight is 307 g/mol. The number of aryl methyl sites for hydroxylation is 1. The van der Waals surface area contributed by atoms with Gasteiger partial charge in [-0.15, -0.1) is 11.6 Å². The first-order valence-electron chi connectivity index (χ1n) is 5.29. The Labute approximate surface area is 115 Å². The van der Waals surface area contributed by atoms with Crippen LogP contribution in [0.2, 0.25) is 5.02 Å². The van der Waals surface area contributed by atoms with E-state index in [1.807, 2.05) is 6.07 Å². The van der Waals surface area contributed by atoms with Crippen molar-refractivity contribution in [3.05, 3.63) is 29.0 Å². The zero-order chi connectivity index (χ0) is 13.3. The number of aromatic nitrogens is 2. The van der Waals surface area contributed by atoms with E-state index in [1.165, 1.54) is 6.26 Å². The third-order valence-corrected chi connectivity index (χ3v) is 4.07. The quantitative estimate of drug-likeness (QED) is 0.815. The largest absolute Gasteiger partial charge is 0.325 e. The van der Waals surface area contributed by atoms with Crippen molar-refractivity contribution in [2.75, 3.05) is 12.0 Å². The molecule has 0 aliphatic heterocycles. The summed E-state index contributed by atoms with van der Waals surface area (Å²) in [5.41, 5.74) is 1.46. The number of fused-ring (bicyclic) bond motifs is 1. The molecule has 0 bridgehead atoms. The van der Waals surface area contributed by atoms with E-state index in [9.17, 15) is 8.42 Å². The number of benzene rings is 1. The Balaban J connectivity index is 2.53. The van der Waals surface area contributed by atoms with Gasteiger partial charge >= 0.3 is 0 Å². The number of sulfone groups is 1. The molecule has 1 heterocycles. The maximum Gasteiger partial charge on any atom is 0.149 e. The van der Waals surface area contributed by atoms with Gasteiger partial charge in [0.2, 0.25) is 0 Å². The van der Waals surface area contributed by atoms with Crippen LogP contribution in [0.3, 0.4) is 0 Å². The molecule has 0 atom stereocenters. The van der Waals surface area contributed by atoms with E-state index in [-0.39, 0.29) is 11.6 Å². The summed E-state index contributed by atoms with van der Waals surface area (Å²) in [6.45, 7) is 0.307. The topological polar surface area (TPSA) is 52.0 Å². The first-order valence-corrected chi connectivity index (χ1v) is 8.27. The summed E-state index contributed by atoms with van der Waals surface area (Å²) in [6, 6.07) is 5.38. The zero-order valence-corrected chi connectivity index (χ0v) is 12.1. The second-order valence-electron chi connectivity index (χ2n) is 4.05. The van der Waals surface area contributed by atoms with Gasteiger partial charge in [0, 0.05) is 12.8 Å². The minimum absolute atomic E-state index is 0.0353. The molecule has 2 aromatic rings. The molecule has 0 saturated heterocycles. The number of alkyl halides is 1. The number of halogens is 2. The van der Waals surface area contributed by atoms with Crippen LogP contribution < -0.4 is 0 Å². The Morgan fingerprint density at radius 1 is 1.39 bits per heavy atom. The molecule has 18 heavy (non-hydrogen) atoms. The summed E-state index contributed by atoms with van der Waals surface area (Å²) in [7, 11) is -3.04. The van der Waals surface area contributed by atoms with Crippen molar-refractivity contribution in [3.8, 4) is 0 Å². The molecule has 4 nitrogen and oxygen atoms in total. The standard InChI is InChI=1S/C11H12Cl2N2O2S/c1-18(16,17)6-5-15-10(7-12)14-9-4-2-3-8(13)11(9)15/h2-4H,5-7H2,1H3. The van der Waals surface area contributed by atoms with Crippen molar-refractivity contribution in [1.82, 2.24) is 9.55 Å². The molecular weight excluding hydrogens is 295 g/mol. The van der Waals surface area contributed by atoms with Crippen LogP contribution >= 0.6 is 23.2 Å². The molecule has 98 valence electrons. The number of nitrogens with zero attached hydrogens (tertiary/aromatic N) is 2. The molecule has 0 unspecified atom stereocenters. The Morgan fingerprint density at radius 3 is 2.72 bits per heavy atom. The SMILES string of the molecule is CS(=O)(=O)CCn1c(CCl)nc2cccc(Cl)c21. The van der Waals surface area contributed by atoms with Crippen LogP contribution in [0.25, 0.3) is 11.0 Å². The van der Waals surface area contributed by atoms with Crippen LogP contribution in [0, 0.1) is 0 Å². The second-order valence-corrected chi connectivity index (χ2v) is 6.98. The molecule has 0 aliphatic rings. The van der Waals surface area contributed by atoms with Crippen LogP contribution in [-0.4, -0.2) is 30.0 Å². The van der Waals surface area contributed by atoms with Gasteiger partial charge < -0.3 is 4.57 Å². The molecule has 0 N–H and O–H groups in total. The predicted molar refractivity (Wildman–Crippen MR) is 74.0 cm³/mol. The minimum Gasteiger partial charge on any atom is -0.325 e. The van der Waals surface area contributed by atoms with E-state index in [2.05, 4.69) is 4.98 Å².